The first-order valence-corrected chi connectivity index (χ1v) is 12.7. The van der Waals surface area contributed by atoms with Gasteiger partial charge in [-0.3, -0.25) is 24.6 Å². The molecular weight excluding hydrogens is 536 g/mol. The van der Waals surface area contributed by atoms with Crippen LogP contribution in [0.1, 0.15) is 60.0 Å². The number of carbonyl (C=O) groups is 4. The minimum Gasteiger partial charge on any atom is -0.446 e. The number of benzene rings is 1. The quantitative estimate of drug-likeness (QED) is 0.423. The summed E-state index contributed by atoms with van der Waals surface area (Å²) in [4.78, 5) is 51.5. The van der Waals surface area contributed by atoms with Gasteiger partial charge in [-0.05, 0) is 31.9 Å². The Bertz CT molecular complexity index is 1190. The Morgan fingerprint density at radius 2 is 1.95 bits per heavy atom. The fraction of sp³-hybridized carbons (Fsp3) is 0.583. The number of carbonyl (C=O) groups excluding carboxylic acids is 4. The predicted molar refractivity (Wildman–Crippen MR) is 123 cm³/mol. The van der Waals surface area contributed by atoms with Gasteiger partial charge in [0.15, 0.2) is 0 Å². The van der Waals surface area contributed by atoms with Gasteiger partial charge >= 0.3 is 12.3 Å². The highest BCUT2D eigenvalue weighted by molar-refractivity contribution is 6.32. The Morgan fingerprint density at radius 1 is 1.21 bits per heavy atom. The minimum absolute atomic E-state index is 0.0483. The van der Waals surface area contributed by atoms with Gasteiger partial charge in [-0.1, -0.05) is 11.6 Å². The van der Waals surface area contributed by atoms with Crippen LogP contribution in [0.5, 0.6) is 0 Å². The van der Waals surface area contributed by atoms with E-state index in [4.69, 9.17) is 16.3 Å². The number of alkyl halides is 3. The Labute approximate surface area is 219 Å². The van der Waals surface area contributed by atoms with Crippen LogP contribution in [0.3, 0.4) is 0 Å². The van der Waals surface area contributed by atoms with Crippen molar-refractivity contribution in [3.8, 4) is 0 Å². The summed E-state index contributed by atoms with van der Waals surface area (Å²) in [5.41, 5.74) is -0.149. The standard InChI is InChI=1S/C24H25ClF4N4O5/c25-15-6-11(20(26)19-14(15)10-33(22(19)36)16-3-4-18(34)31-21(16)35)9-30-23(37)38-13-7-12(8-13)32-5-1-2-17(32)24(27,28)29/h6,12-13,16-17H,1-5,7-10H2,(H,30,37)(H,31,34,35). The van der Waals surface area contributed by atoms with E-state index < -0.39 is 54.0 Å². The first kappa shape index (κ1) is 26.7. The van der Waals surface area contributed by atoms with Gasteiger partial charge in [0.25, 0.3) is 5.91 Å². The van der Waals surface area contributed by atoms with Gasteiger partial charge < -0.3 is 15.0 Å². The monoisotopic (exact) mass is 560 g/mol. The minimum atomic E-state index is -4.29. The second-order valence-corrected chi connectivity index (χ2v) is 10.4. The average Bonchev–Trinajstić information content (AvgIpc) is 3.43. The van der Waals surface area contributed by atoms with Crippen molar-refractivity contribution in [2.75, 3.05) is 6.54 Å². The van der Waals surface area contributed by atoms with Crippen molar-refractivity contribution in [1.29, 1.82) is 0 Å². The van der Waals surface area contributed by atoms with E-state index in [2.05, 4.69) is 10.6 Å². The molecule has 2 unspecified atom stereocenters. The first-order chi connectivity index (χ1) is 17.9. The van der Waals surface area contributed by atoms with E-state index in [1.54, 1.807) is 0 Å². The SMILES string of the molecule is O=C1CCC(N2Cc3c(Cl)cc(CNC(=O)OC4CC(N5CCCC5C(F)(F)F)C4)c(F)c3C2=O)C(=O)N1. The molecule has 0 bridgehead atoms. The molecule has 0 radical (unpaired) electrons. The highest BCUT2D eigenvalue weighted by atomic mass is 35.5. The zero-order valence-electron chi connectivity index (χ0n) is 20.1. The summed E-state index contributed by atoms with van der Waals surface area (Å²) in [7, 11) is 0. The number of imide groups is 1. The fourth-order valence-corrected chi connectivity index (χ4v) is 5.97. The Balaban J connectivity index is 1.16. The largest absolute Gasteiger partial charge is 0.446 e. The molecule has 0 aromatic heterocycles. The van der Waals surface area contributed by atoms with Gasteiger partial charge in [-0.25, -0.2) is 9.18 Å². The van der Waals surface area contributed by atoms with Crippen molar-refractivity contribution in [2.45, 2.75) is 82.0 Å². The van der Waals surface area contributed by atoms with Crippen LogP contribution in [0.2, 0.25) is 5.02 Å². The number of hydrogen-bond donors (Lipinski definition) is 2. The first-order valence-electron chi connectivity index (χ1n) is 12.4. The third kappa shape index (κ3) is 4.93. The van der Waals surface area contributed by atoms with E-state index in [9.17, 15) is 32.3 Å². The normalized spacial score (nSPS) is 27.7. The highest BCUT2D eigenvalue weighted by Gasteiger charge is 2.51. The molecule has 3 fully saturated rings. The Morgan fingerprint density at radius 3 is 2.63 bits per heavy atom. The molecular formula is C24H25ClF4N4O5. The molecule has 4 aliphatic rings. The molecule has 206 valence electrons. The van der Waals surface area contributed by atoms with Crippen LogP contribution in [0.25, 0.3) is 0 Å². The number of hydrogen-bond acceptors (Lipinski definition) is 6. The van der Waals surface area contributed by atoms with Gasteiger partial charge in [-0.15, -0.1) is 0 Å². The van der Waals surface area contributed by atoms with Crippen molar-refractivity contribution in [2.24, 2.45) is 0 Å². The molecule has 3 heterocycles. The second-order valence-electron chi connectivity index (χ2n) is 10.0. The van der Waals surface area contributed by atoms with E-state index in [1.165, 1.54) is 15.9 Å². The molecule has 9 nitrogen and oxygen atoms in total. The van der Waals surface area contributed by atoms with Gasteiger partial charge in [0, 0.05) is 54.5 Å². The molecule has 1 aromatic carbocycles. The molecule has 1 aliphatic carbocycles. The second kappa shape index (κ2) is 9.99. The molecule has 4 amide bonds. The lowest BCUT2D eigenvalue weighted by Gasteiger charge is -2.43. The molecule has 38 heavy (non-hydrogen) atoms. The van der Waals surface area contributed by atoms with Crippen LogP contribution in [0.4, 0.5) is 22.4 Å². The van der Waals surface area contributed by atoms with E-state index in [0.29, 0.717) is 13.0 Å². The molecule has 2 atom stereocenters. The lowest BCUT2D eigenvalue weighted by atomic mass is 9.87. The van der Waals surface area contributed by atoms with E-state index in [-0.39, 0.29) is 72.9 Å². The van der Waals surface area contributed by atoms with Crippen molar-refractivity contribution >= 4 is 35.4 Å². The summed E-state index contributed by atoms with van der Waals surface area (Å²) in [5.74, 6) is -2.71. The summed E-state index contributed by atoms with van der Waals surface area (Å²) in [6.07, 6.45) is -4.45. The topological polar surface area (TPSA) is 108 Å². The van der Waals surface area contributed by atoms with E-state index in [1.807, 2.05) is 0 Å². The number of nitrogens with one attached hydrogen (secondary N) is 2. The molecule has 1 aromatic rings. The molecule has 1 saturated carbocycles. The van der Waals surface area contributed by atoms with Crippen molar-refractivity contribution in [3.63, 3.8) is 0 Å². The zero-order valence-corrected chi connectivity index (χ0v) is 20.8. The summed E-state index contributed by atoms with van der Waals surface area (Å²) in [5, 5.41) is 4.65. The van der Waals surface area contributed by atoms with Crippen LogP contribution in [-0.2, 0) is 27.4 Å². The van der Waals surface area contributed by atoms with Crippen LogP contribution in [0.15, 0.2) is 6.07 Å². The maximum atomic E-state index is 15.3. The van der Waals surface area contributed by atoms with Crippen molar-refractivity contribution in [3.05, 3.63) is 33.6 Å². The van der Waals surface area contributed by atoms with Gasteiger partial charge in [-0.2, -0.15) is 13.2 Å². The molecule has 2 N–H and O–H groups in total. The van der Waals surface area contributed by atoms with Crippen LogP contribution >= 0.6 is 11.6 Å². The van der Waals surface area contributed by atoms with Gasteiger partial charge in [0.05, 0.1) is 5.56 Å². The number of ether oxygens (including phenoxy) is 1. The predicted octanol–water partition coefficient (Wildman–Crippen LogP) is 3.02. The average molecular weight is 561 g/mol. The van der Waals surface area contributed by atoms with Crippen LogP contribution < -0.4 is 10.6 Å². The summed E-state index contributed by atoms with van der Waals surface area (Å²) < 4.78 is 60.1. The fourth-order valence-electron chi connectivity index (χ4n) is 5.68. The number of fused-ring (bicyclic) bond motifs is 1. The number of halogens is 5. The van der Waals surface area contributed by atoms with E-state index >= 15 is 4.39 Å². The molecule has 0 spiro atoms. The highest BCUT2D eigenvalue weighted by Crippen LogP contribution is 2.40. The van der Waals surface area contributed by atoms with Gasteiger partial charge in [0.2, 0.25) is 11.8 Å². The van der Waals surface area contributed by atoms with E-state index in [0.717, 1.165) is 0 Å². The van der Waals surface area contributed by atoms with Gasteiger partial charge in [0.1, 0.15) is 24.0 Å². The Kier molecular flexibility index (Phi) is 7.01. The number of alkyl carbamates (subject to hydrolysis) is 1. The number of rotatable bonds is 5. The summed E-state index contributed by atoms with van der Waals surface area (Å²) in [6.45, 7) is -0.0887. The van der Waals surface area contributed by atoms with Crippen molar-refractivity contribution < 1.29 is 41.5 Å². The zero-order chi connectivity index (χ0) is 27.4. The maximum absolute atomic E-state index is 15.3. The summed E-state index contributed by atoms with van der Waals surface area (Å²) >= 11 is 6.30. The molecule has 2 saturated heterocycles. The number of amides is 4. The Hall–Kier alpha value is -2.93. The van der Waals surface area contributed by atoms with Crippen molar-refractivity contribution in [1.82, 2.24) is 20.4 Å². The number of piperidine rings is 1. The summed E-state index contributed by atoms with van der Waals surface area (Å²) in [6, 6.07) is -1.43. The lowest BCUT2D eigenvalue weighted by molar-refractivity contribution is -0.188. The number of nitrogens with zero attached hydrogens (tertiary/aromatic N) is 2. The number of likely N-dealkylation sites (tertiary alicyclic amines) is 1. The molecule has 5 rings (SSSR count). The lowest BCUT2D eigenvalue weighted by Crippen LogP contribution is -2.54. The molecule has 3 aliphatic heterocycles. The van der Waals surface area contributed by atoms with Crippen LogP contribution in [-0.4, -0.2) is 70.6 Å². The third-order valence-electron chi connectivity index (χ3n) is 7.69. The third-order valence-corrected chi connectivity index (χ3v) is 8.03. The smallest absolute Gasteiger partial charge is 0.407 e. The van der Waals surface area contributed by atoms with Crippen LogP contribution in [0, 0.1) is 5.82 Å². The maximum Gasteiger partial charge on any atom is 0.407 e. The molecule has 14 heteroatoms.